The number of alkyl halides is 3. The van der Waals surface area contributed by atoms with E-state index in [0.29, 0.717) is 12.8 Å². The van der Waals surface area contributed by atoms with Gasteiger partial charge >= 0.3 is 12.1 Å². The third-order valence-corrected chi connectivity index (χ3v) is 3.79. The van der Waals surface area contributed by atoms with E-state index >= 15 is 0 Å². The Morgan fingerprint density at radius 3 is 2.56 bits per heavy atom. The van der Waals surface area contributed by atoms with Gasteiger partial charge in [0, 0.05) is 0 Å². The number of carboxylic acid groups (broad SMARTS) is 1. The van der Waals surface area contributed by atoms with Crippen LogP contribution < -0.4 is 0 Å². The van der Waals surface area contributed by atoms with Crippen LogP contribution in [0.25, 0.3) is 5.69 Å². The number of benzene rings is 1. The Kier molecular flexibility index (Phi) is 5.66. The monoisotopic (exact) mass is 352 g/mol. The van der Waals surface area contributed by atoms with Gasteiger partial charge in [0.05, 0.1) is 22.6 Å². The Morgan fingerprint density at radius 1 is 1.28 bits per heavy atom. The molecule has 25 heavy (non-hydrogen) atoms. The second-order valence-corrected chi connectivity index (χ2v) is 5.56. The predicted octanol–water partition coefficient (Wildman–Crippen LogP) is 4.80. The number of halogens is 3. The van der Waals surface area contributed by atoms with Crippen molar-refractivity contribution in [3.8, 4) is 5.69 Å². The van der Waals surface area contributed by atoms with Gasteiger partial charge in [-0.1, -0.05) is 31.2 Å². The van der Waals surface area contributed by atoms with Gasteiger partial charge in [-0.25, -0.2) is 9.48 Å². The summed E-state index contributed by atoms with van der Waals surface area (Å²) in [5, 5.41) is 13.6. The minimum Gasteiger partial charge on any atom is -0.478 e. The summed E-state index contributed by atoms with van der Waals surface area (Å²) < 4.78 is 40.8. The molecule has 1 N–H and O–H groups in total. The zero-order valence-electron chi connectivity index (χ0n) is 14.0. The standard InChI is InChI=1S/C18H19F3N2O2/c1-3-4-5-6-10-14-16(17(24)25)12(2)23(22-14)15-11-8-7-9-13(15)18(19,20)21/h4-5,7-9,11H,3,6,10H2,1-2H3,(H,24,25). The van der Waals surface area contributed by atoms with Gasteiger partial charge in [0.25, 0.3) is 0 Å². The summed E-state index contributed by atoms with van der Waals surface area (Å²) in [5.74, 6) is -1.19. The summed E-state index contributed by atoms with van der Waals surface area (Å²) in [7, 11) is 0. The number of carbonyl (C=O) groups is 1. The number of allylic oxidation sites excluding steroid dienone is 2. The Bertz CT molecular complexity index is 792. The zero-order chi connectivity index (χ0) is 18.6. The largest absolute Gasteiger partial charge is 0.478 e. The minimum absolute atomic E-state index is 0.0399. The molecule has 1 heterocycles. The maximum Gasteiger partial charge on any atom is 0.418 e. The Balaban J connectivity index is 2.54. The van der Waals surface area contributed by atoms with Gasteiger partial charge in [0.1, 0.15) is 5.56 Å². The molecule has 7 heteroatoms. The molecule has 0 aliphatic carbocycles. The summed E-state index contributed by atoms with van der Waals surface area (Å²) in [6.07, 6.45) is 1.08. The third-order valence-electron chi connectivity index (χ3n) is 3.79. The van der Waals surface area contributed by atoms with Gasteiger partial charge in [-0.05, 0) is 38.3 Å². The van der Waals surface area contributed by atoms with Gasteiger partial charge < -0.3 is 5.11 Å². The second kappa shape index (κ2) is 7.55. The average Bonchev–Trinajstić information content (AvgIpc) is 2.87. The first-order chi connectivity index (χ1) is 11.8. The second-order valence-electron chi connectivity index (χ2n) is 5.56. The molecule has 0 aliphatic heterocycles. The number of carboxylic acids is 1. The number of aromatic carboxylic acids is 1. The van der Waals surface area contributed by atoms with Crippen LogP contribution in [-0.2, 0) is 12.6 Å². The van der Waals surface area contributed by atoms with Crippen molar-refractivity contribution in [2.45, 2.75) is 39.3 Å². The lowest BCUT2D eigenvalue weighted by molar-refractivity contribution is -0.137. The molecule has 1 aromatic carbocycles. The minimum atomic E-state index is -4.55. The maximum absolute atomic E-state index is 13.3. The number of aromatic nitrogens is 2. The molecule has 2 aromatic rings. The molecule has 0 bridgehead atoms. The molecular formula is C18H19F3N2O2. The van der Waals surface area contributed by atoms with E-state index in [9.17, 15) is 23.1 Å². The maximum atomic E-state index is 13.3. The van der Waals surface area contributed by atoms with Crippen molar-refractivity contribution in [1.29, 1.82) is 0 Å². The first-order valence-corrected chi connectivity index (χ1v) is 7.90. The molecular weight excluding hydrogens is 333 g/mol. The SMILES string of the molecule is CCC=CCCc1nn(-c2ccccc2C(F)(F)F)c(C)c1C(=O)O. The van der Waals surface area contributed by atoms with Gasteiger partial charge in [-0.3, -0.25) is 0 Å². The Morgan fingerprint density at radius 2 is 1.96 bits per heavy atom. The molecule has 0 saturated carbocycles. The number of hydrogen-bond donors (Lipinski definition) is 1. The molecule has 0 aliphatic rings. The van der Waals surface area contributed by atoms with Crippen molar-refractivity contribution in [2.75, 3.05) is 0 Å². The van der Waals surface area contributed by atoms with Crippen LogP contribution in [0.2, 0.25) is 0 Å². The molecule has 0 unspecified atom stereocenters. The van der Waals surface area contributed by atoms with Crippen LogP contribution in [0.3, 0.4) is 0 Å². The van der Waals surface area contributed by atoms with E-state index in [1.165, 1.54) is 25.1 Å². The average molecular weight is 352 g/mol. The van der Waals surface area contributed by atoms with Crippen LogP contribution in [0.4, 0.5) is 13.2 Å². The molecule has 0 radical (unpaired) electrons. The molecule has 2 rings (SSSR count). The van der Waals surface area contributed by atoms with Gasteiger partial charge in [-0.2, -0.15) is 18.3 Å². The first-order valence-electron chi connectivity index (χ1n) is 7.90. The van der Waals surface area contributed by atoms with Crippen molar-refractivity contribution in [1.82, 2.24) is 9.78 Å². The molecule has 1 aromatic heterocycles. The van der Waals surface area contributed by atoms with Crippen molar-refractivity contribution in [3.63, 3.8) is 0 Å². The van der Waals surface area contributed by atoms with Crippen molar-refractivity contribution >= 4 is 5.97 Å². The van der Waals surface area contributed by atoms with Gasteiger partial charge in [-0.15, -0.1) is 0 Å². The highest BCUT2D eigenvalue weighted by molar-refractivity contribution is 5.90. The smallest absolute Gasteiger partial charge is 0.418 e. The highest BCUT2D eigenvalue weighted by atomic mass is 19.4. The molecule has 134 valence electrons. The molecule has 0 spiro atoms. The number of para-hydroxylation sites is 1. The quantitative estimate of drug-likeness (QED) is 0.760. The number of nitrogens with zero attached hydrogens (tertiary/aromatic N) is 2. The lowest BCUT2D eigenvalue weighted by atomic mass is 10.1. The molecule has 0 atom stereocenters. The van der Waals surface area contributed by atoms with Crippen LogP contribution in [0.5, 0.6) is 0 Å². The van der Waals surface area contributed by atoms with E-state index in [1.807, 2.05) is 19.1 Å². The van der Waals surface area contributed by atoms with E-state index in [1.54, 1.807) is 0 Å². The van der Waals surface area contributed by atoms with E-state index in [0.717, 1.165) is 17.2 Å². The van der Waals surface area contributed by atoms with E-state index < -0.39 is 17.7 Å². The van der Waals surface area contributed by atoms with Crippen LogP contribution in [0.1, 0.15) is 47.1 Å². The number of aryl methyl sites for hydroxylation is 1. The summed E-state index contributed by atoms with van der Waals surface area (Å²) in [5.41, 5.74) is -0.608. The Hall–Kier alpha value is -2.57. The van der Waals surface area contributed by atoms with Crippen molar-refractivity contribution in [3.05, 3.63) is 58.9 Å². The first kappa shape index (κ1) is 18.8. The third kappa shape index (κ3) is 4.10. The van der Waals surface area contributed by atoms with Crippen LogP contribution in [-0.4, -0.2) is 20.9 Å². The van der Waals surface area contributed by atoms with Crippen LogP contribution in [0, 0.1) is 6.92 Å². The predicted molar refractivity (Wildman–Crippen MR) is 88.0 cm³/mol. The van der Waals surface area contributed by atoms with Gasteiger partial charge in [0.15, 0.2) is 0 Å². The summed E-state index contributed by atoms with van der Waals surface area (Å²) in [4.78, 5) is 11.6. The van der Waals surface area contributed by atoms with Crippen molar-refractivity contribution < 1.29 is 23.1 Å². The normalized spacial score (nSPS) is 12.0. The lowest BCUT2D eigenvalue weighted by Crippen LogP contribution is -2.12. The fraction of sp³-hybridized carbons (Fsp3) is 0.333. The molecule has 0 fully saturated rings. The lowest BCUT2D eigenvalue weighted by Gasteiger charge is -2.13. The molecule has 0 saturated heterocycles. The number of hydrogen-bond acceptors (Lipinski definition) is 2. The Labute approximate surface area is 143 Å². The molecule has 4 nitrogen and oxygen atoms in total. The van der Waals surface area contributed by atoms with E-state index in [4.69, 9.17) is 0 Å². The van der Waals surface area contributed by atoms with Gasteiger partial charge in [0.2, 0.25) is 0 Å². The van der Waals surface area contributed by atoms with Crippen molar-refractivity contribution in [2.24, 2.45) is 0 Å². The van der Waals surface area contributed by atoms with Crippen LogP contribution >= 0.6 is 0 Å². The topological polar surface area (TPSA) is 55.1 Å². The van der Waals surface area contributed by atoms with E-state index in [-0.39, 0.29) is 22.6 Å². The summed E-state index contributed by atoms with van der Waals surface area (Å²) in [6.45, 7) is 3.45. The fourth-order valence-electron chi connectivity index (χ4n) is 2.65. The summed E-state index contributed by atoms with van der Waals surface area (Å²) >= 11 is 0. The van der Waals surface area contributed by atoms with E-state index in [2.05, 4.69) is 5.10 Å². The zero-order valence-corrected chi connectivity index (χ0v) is 14.0. The highest BCUT2D eigenvalue weighted by Gasteiger charge is 2.35. The number of rotatable bonds is 6. The highest BCUT2D eigenvalue weighted by Crippen LogP contribution is 2.34. The van der Waals surface area contributed by atoms with Crippen LogP contribution in [0.15, 0.2) is 36.4 Å². The fourth-order valence-corrected chi connectivity index (χ4v) is 2.65. The summed E-state index contributed by atoms with van der Waals surface area (Å²) in [6, 6.07) is 5.01. The molecule has 0 amide bonds.